The van der Waals surface area contributed by atoms with Crippen molar-refractivity contribution in [3.8, 4) is 11.5 Å². The van der Waals surface area contributed by atoms with Gasteiger partial charge in [-0.1, -0.05) is 19.9 Å². The zero-order chi connectivity index (χ0) is 15.1. The number of methoxy groups -OCH3 is 1. The predicted molar refractivity (Wildman–Crippen MR) is 86.0 cm³/mol. The van der Waals surface area contributed by atoms with Crippen LogP contribution in [0.4, 0.5) is 0 Å². The highest BCUT2D eigenvalue weighted by Crippen LogP contribution is 2.26. The van der Waals surface area contributed by atoms with Crippen molar-refractivity contribution in [1.82, 2.24) is 10.3 Å². The van der Waals surface area contributed by atoms with Gasteiger partial charge in [-0.3, -0.25) is 4.98 Å². The molecule has 0 fully saturated rings. The molecule has 114 valence electrons. The first-order valence-corrected chi connectivity index (χ1v) is 7.94. The van der Waals surface area contributed by atoms with Gasteiger partial charge in [0.2, 0.25) is 0 Å². The smallest absolute Gasteiger partial charge is 0.128 e. The topological polar surface area (TPSA) is 43.4 Å². The molecule has 0 bridgehead atoms. The molecule has 0 spiro atoms. The van der Waals surface area contributed by atoms with E-state index < -0.39 is 0 Å². The van der Waals surface area contributed by atoms with Crippen LogP contribution in [0.1, 0.15) is 24.3 Å². The molecule has 0 aliphatic rings. The molecule has 0 amide bonds. The summed E-state index contributed by atoms with van der Waals surface area (Å²) in [5.41, 5.74) is 2.95. The van der Waals surface area contributed by atoms with E-state index in [1.807, 2.05) is 29.9 Å². The molecule has 2 rings (SSSR count). The highest BCUT2D eigenvalue weighted by atomic mass is 32.1. The molecule has 0 aliphatic heterocycles. The Bertz CT molecular complexity index is 541. The number of hydrogen-bond acceptors (Lipinski definition) is 5. The van der Waals surface area contributed by atoms with Gasteiger partial charge in [-0.25, -0.2) is 0 Å². The number of thiazole rings is 1. The fraction of sp³-hybridized carbons (Fsp3) is 0.438. The largest absolute Gasteiger partial charge is 0.497 e. The van der Waals surface area contributed by atoms with Gasteiger partial charge in [-0.15, -0.1) is 11.3 Å². The first-order chi connectivity index (χ1) is 10.2. The van der Waals surface area contributed by atoms with Crippen LogP contribution in [0.15, 0.2) is 29.9 Å². The summed E-state index contributed by atoms with van der Waals surface area (Å²) >= 11 is 1.60. The zero-order valence-electron chi connectivity index (χ0n) is 12.8. The minimum atomic E-state index is 0.537. The molecule has 0 saturated heterocycles. The van der Waals surface area contributed by atoms with Crippen LogP contribution < -0.4 is 14.8 Å². The summed E-state index contributed by atoms with van der Waals surface area (Å²) < 4.78 is 11.2. The Morgan fingerprint density at radius 3 is 2.86 bits per heavy atom. The molecule has 21 heavy (non-hydrogen) atoms. The lowest BCUT2D eigenvalue weighted by molar-refractivity contribution is 0.302. The molecule has 5 heteroatoms. The van der Waals surface area contributed by atoms with Crippen LogP contribution in [0.3, 0.4) is 0 Å². The standard InChI is InChI=1S/C16H22N2O2S/c1-12(2)7-17-8-13-4-5-14(19-3)6-16(13)20-10-15-9-18-11-21-15/h4-6,9,11-12,17H,7-8,10H2,1-3H3. The number of benzene rings is 1. The normalized spacial score (nSPS) is 10.9. The summed E-state index contributed by atoms with van der Waals surface area (Å²) in [6.07, 6.45) is 1.83. The van der Waals surface area contributed by atoms with Crippen molar-refractivity contribution in [2.24, 2.45) is 5.92 Å². The number of nitrogens with zero attached hydrogens (tertiary/aromatic N) is 1. The van der Waals surface area contributed by atoms with Gasteiger partial charge in [0.05, 0.1) is 17.5 Å². The van der Waals surface area contributed by atoms with Gasteiger partial charge in [-0.05, 0) is 18.5 Å². The predicted octanol–water partition coefficient (Wildman–Crippen LogP) is 3.48. The van der Waals surface area contributed by atoms with Gasteiger partial charge in [0.25, 0.3) is 0 Å². The minimum Gasteiger partial charge on any atom is -0.497 e. The Hall–Kier alpha value is -1.59. The van der Waals surface area contributed by atoms with E-state index in [1.165, 1.54) is 0 Å². The fourth-order valence-electron chi connectivity index (χ4n) is 1.90. The summed E-state index contributed by atoms with van der Waals surface area (Å²) in [4.78, 5) is 5.17. The van der Waals surface area contributed by atoms with Crippen molar-refractivity contribution >= 4 is 11.3 Å². The average Bonchev–Trinajstić information content (AvgIpc) is 2.99. The lowest BCUT2D eigenvalue weighted by atomic mass is 10.1. The Labute approximate surface area is 130 Å². The highest BCUT2D eigenvalue weighted by Gasteiger charge is 2.07. The molecular weight excluding hydrogens is 284 g/mol. The first kappa shape index (κ1) is 15.8. The summed E-state index contributed by atoms with van der Waals surface area (Å²) in [5.74, 6) is 2.30. The quantitative estimate of drug-likeness (QED) is 0.811. The maximum Gasteiger partial charge on any atom is 0.128 e. The van der Waals surface area contributed by atoms with E-state index in [-0.39, 0.29) is 0 Å². The molecule has 1 aromatic carbocycles. The Balaban J connectivity index is 2.03. The van der Waals surface area contributed by atoms with Crippen molar-refractivity contribution in [3.05, 3.63) is 40.3 Å². The maximum atomic E-state index is 5.93. The third kappa shape index (κ3) is 5.02. The highest BCUT2D eigenvalue weighted by molar-refractivity contribution is 7.09. The maximum absolute atomic E-state index is 5.93. The van der Waals surface area contributed by atoms with E-state index >= 15 is 0 Å². The Kier molecular flexibility index (Phi) is 6.02. The monoisotopic (exact) mass is 306 g/mol. The van der Waals surface area contributed by atoms with Crippen LogP contribution >= 0.6 is 11.3 Å². The van der Waals surface area contributed by atoms with E-state index in [9.17, 15) is 0 Å². The van der Waals surface area contributed by atoms with Crippen LogP contribution in [-0.4, -0.2) is 18.6 Å². The van der Waals surface area contributed by atoms with Crippen LogP contribution in [0.2, 0.25) is 0 Å². The second-order valence-electron chi connectivity index (χ2n) is 5.25. The SMILES string of the molecule is COc1ccc(CNCC(C)C)c(OCc2cncs2)c1. The van der Waals surface area contributed by atoms with Crippen LogP contribution in [0.25, 0.3) is 0 Å². The number of ether oxygens (including phenoxy) is 2. The molecule has 1 aromatic heterocycles. The molecule has 0 radical (unpaired) electrons. The molecule has 0 aliphatic carbocycles. The van der Waals surface area contributed by atoms with Gasteiger partial charge >= 0.3 is 0 Å². The summed E-state index contributed by atoms with van der Waals surface area (Å²) in [7, 11) is 1.67. The van der Waals surface area contributed by atoms with Gasteiger partial charge in [0.15, 0.2) is 0 Å². The Morgan fingerprint density at radius 2 is 2.19 bits per heavy atom. The molecule has 0 unspecified atom stereocenters. The fourth-order valence-corrected chi connectivity index (χ4v) is 2.41. The van der Waals surface area contributed by atoms with Gasteiger partial charge in [0, 0.05) is 24.4 Å². The lowest BCUT2D eigenvalue weighted by Crippen LogP contribution is -2.19. The van der Waals surface area contributed by atoms with Crippen molar-refractivity contribution < 1.29 is 9.47 Å². The molecule has 2 aromatic rings. The summed E-state index contributed by atoms with van der Waals surface area (Å²) in [6.45, 7) is 6.71. The molecule has 0 saturated carbocycles. The van der Waals surface area contributed by atoms with Crippen molar-refractivity contribution in [1.29, 1.82) is 0 Å². The van der Waals surface area contributed by atoms with Gasteiger partial charge < -0.3 is 14.8 Å². The Morgan fingerprint density at radius 1 is 1.33 bits per heavy atom. The molecular formula is C16H22N2O2S. The van der Waals surface area contributed by atoms with E-state index in [0.717, 1.165) is 35.0 Å². The van der Waals surface area contributed by atoms with Crippen molar-refractivity contribution in [2.75, 3.05) is 13.7 Å². The van der Waals surface area contributed by atoms with Crippen molar-refractivity contribution in [3.63, 3.8) is 0 Å². The van der Waals surface area contributed by atoms with Crippen LogP contribution in [0, 0.1) is 5.92 Å². The average molecular weight is 306 g/mol. The molecule has 0 atom stereocenters. The van der Waals surface area contributed by atoms with Crippen LogP contribution in [0.5, 0.6) is 11.5 Å². The van der Waals surface area contributed by atoms with Crippen molar-refractivity contribution in [2.45, 2.75) is 27.0 Å². The molecule has 1 N–H and O–H groups in total. The van der Waals surface area contributed by atoms with E-state index in [2.05, 4.69) is 24.1 Å². The number of aromatic nitrogens is 1. The zero-order valence-corrected chi connectivity index (χ0v) is 13.6. The second-order valence-corrected chi connectivity index (χ2v) is 6.23. The second kappa shape index (κ2) is 8.00. The molecule has 1 heterocycles. The lowest BCUT2D eigenvalue weighted by Gasteiger charge is -2.14. The summed E-state index contributed by atoms with van der Waals surface area (Å²) in [5, 5.41) is 3.44. The van der Waals surface area contributed by atoms with Gasteiger partial charge in [-0.2, -0.15) is 0 Å². The van der Waals surface area contributed by atoms with Crippen LogP contribution in [-0.2, 0) is 13.2 Å². The van der Waals surface area contributed by atoms with E-state index in [1.54, 1.807) is 18.4 Å². The van der Waals surface area contributed by atoms with Gasteiger partial charge in [0.1, 0.15) is 18.1 Å². The molecule has 4 nitrogen and oxygen atoms in total. The number of hydrogen-bond donors (Lipinski definition) is 1. The third-order valence-corrected chi connectivity index (χ3v) is 3.75. The third-order valence-electron chi connectivity index (χ3n) is 3.00. The minimum absolute atomic E-state index is 0.537. The number of rotatable bonds is 8. The van der Waals surface area contributed by atoms with E-state index in [0.29, 0.717) is 12.5 Å². The number of nitrogens with one attached hydrogen (secondary N) is 1. The van der Waals surface area contributed by atoms with E-state index in [4.69, 9.17) is 9.47 Å². The summed E-state index contributed by atoms with van der Waals surface area (Å²) in [6, 6.07) is 5.95. The first-order valence-electron chi connectivity index (χ1n) is 7.07.